The summed E-state index contributed by atoms with van der Waals surface area (Å²) in [7, 11) is -3.76. The lowest BCUT2D eigenvalue weighted by Gasteiger charge is -2.30. The van der Waals surface area contributed by atoms with Gasteiger partial charge >= 0.3 is 5.97 Å². The number of esters is 1. The molecule has 22 heavy (non-hydrogen) atoms. The number of hydrogen-bond donors (Lipinski definition) is 0. The maximum atomic E-state index is 12.7. The molecule has 1 fully saturated rings. The summed E-state index contributed by atoms with van der Waals surface area (Å²) in [5.41, 5.74) is 0.298. The second kappa shape index (κ2) is 6.46. The molecule has 8 nitrogen and oxygen atoms in total. The van der Waals surface area contributed by atoms with E-state index in [0.29, 0.717) is 25.1 Å². The summed E-state index contributed by atoms with van der Waals surface area (Å²) in [5, 5.41) is 12.1. The quantitative estimate of drug-likeness (QED) is 0.750. The zero-order chi connectivity index (χ0) is 16.3. The first-order valence-corrected chi connectivity index (χ1v) is 8.28. The highest BCUT2D eigenvalue weighted by molar-refractivity contribution is 7.89. The normalized spacial score (nSPS) is 19.6. The molecule has 1 aromatic heterocycles. The van der Waals surface area contributed by atoms with Gasteiger partial charge in [-0.3, -0.25) is 4.79 Å². The maximum Gasteiger partial charge on any atom is 0.311 e. The molecule has 0 radical (unpaired) electrons. The zero-order valence-corrected chi connectivity index (χ0v) is 13.2. The minimum atomic E-state index is -3.76. The van der Waals surface area contributed by atoms with E-state index >= 15 is 0 Å². The van der Waals surface area contributed by atoms with Gasteiger partial charge in [-0.2, -0.15) is 9.57 Å². The van der Waals surface area contributed by atoms with E-state index in [1.807, 2.05) is 0 Å². The lowest BCUT2D eigenvalue weighted by atomic mass is 10.0. The number of rotatable bonds is 4. The van der Waals surface area contributed by atoms with E-state index in [-0.39, 0.29) is 23.8 Å². The Morgan fingerprint density at radius 2 is 2.27 bits per heavy atom. The van der Waals surface area contributed by atoms with Crippen LogP contribution in [0.15, 0.2) is 9.42 Å². The third-order valence-corrected chi connectivity index (χ3v) is 5.67. The van der Waals surface area contributed by atoms with Crippen molar-refractivity contribution in [1.29, 1.82) is 5.26 Å². The van der Waals surface area contributed by atoms with Crippen molar-refractivity contribution in [2.75, 3.05) is 19.7 Å². The van der Waals surface area contributed by atoms with E-state index in [2.05, 4.69) is 5.16 Å². The van der Waals surface area contributed by atoms with Crippen molar-refractivity contribution in [2.24, 2.45) is 5.92 Å². The molecule has 1 aliphatic rings. The largest absolute Gasteiger partial charge is 0.450 e. The van der Waals surface area contributed by atoms with Gasteiger partial charge in [0.25, 0.3) is 0 Å². The number of carbonyl (C=O) groups excluding carboxylic acids is 1. The molecule has 1 unspecified atom stereocenters. The average molecular weight is 327 g/mol. The fraction of sp³-hybridized carbons (Fsp3) is 0.615. The average Bonchev–Trinajstić information content (AvgIpc) is 2.84. The molecule has 1 atom stereocenters. The molecule has 1 saturated heterocycles. The molecule has 2 rings (SSSR count). The van der Waals surface area contributed by atoms with E-state index < -0.39 is 21.9 Å². The summed E-state index contributed by atoms with van der Waals surface area (Å²) in [6.45, 7) is 3.14. The van der Waals surface area contributed by atoms with Crippen molar-refractivity contribution < 1.29 is 22.5 Å². The molecule has 9 heteroatoms. The molecular weight excluding hydrogens is 310 g/mol. The molecule has 0 N–H and O–H groups in total. The topological polar surface area (TPSA) is 114 Å². The molecule has 1 aliphatic heterocycles. The fourth-order valence-corrected chi connectivity index (χ4v) is 4.36. The van der Waals surface area contributed by atoms with Crippen molar-refractivity contribution in [3.8, 4) is 6.07 Å². The van der Waals surface area contributed by atoms with Crippen molar-refractivity contribution in [1.82, 2.24) is 9.46 Å². The third kappa shape index (κ3) is 3.13. The number of hydrogen-bond acceptors (Lipinski definition) is 7. The van der Waals surface area contributed by atoms with Crippen molar-refractivity contribution in [2.45, 2.75) is 31.6 Å². The smallest absolute Gasteiger partial charge is 0.311 e. The van der Waals surface area contributed by atoms with Crippen molar-refractivity contribution >= 4 is 16.0 Å². The molecule has 2 heterocycles. The lowest BCUT2D eigenvalue weighted by molar-refractivity contribution is -0.148. The van der Waals surface area contributed by atoms with Gasteiger partial charge in [0.1, 0.15) is 16.7 Å². The van der Waals surface area contributed by atoms with Crippen LogP contribution in [0.2, 0.25) is 0 Å². The molecule has 0 aromatic carbocycles. The number of carbonyl (C=O) groups is 1. The Kier molecular flexibility index (Phi) is 4.83. The van der Waals surface area contributed by atoms with E-state index in [0.717, 1.165) is 0 Å². The molecular formula is C13H17N3O5S. The van der Waals surface area contributed by atoms with E-state index in [9.17, 15) is 13.2 Å². The second-order valence-corrected chi connectivity index (χ2v) is 7.00. The minimum Gasteiger partial charge on any atom is -0.450 e. The third-order valence-electron chi connectivity index (χ3n) is 3.56. The Labute approximate surface area is 128 Å². The summed E-state index contributed by atoms with van der Waals surface area (Å²) >= 11 is 0. The van der Waals surface area contributed by atoms with Crippen LogP contribution in [0.4, 0.5) is 0 Å². The van der Waals surface area contributed by atoms with Crippen LogP contribution >= 0.6 is 0 Å². The Morgan fingerprint density at radius 3 is 2.86 bits per heavy atom. The Balaban J connectivity index is 2.19. The number of ether oxygens (including phenoxy) is 1. The summed E-state index contributed by atoms with van der Waals surface area (Å²) in [5.74, 6) is -0.871. The molecule has 0 aliphatic carbocycles. The predicted molar refractivity (Wildman–Crippen MR) is 74.0 cm³/mol. The fourth-order valence-electron chi connectivity index (χ4n) is 2.55. The van der Waals surface area contributed by atoms with Gasteiger partial charge in [0, 0.05) is 13.1 Å². The van der Waals surface area contributed by atoms with Crippen molar-refractivity contribution in [3.05, 3.63) is 11.5 Å². The molecule has 0 amide bonds. The summed E-state index contributed by atoms with van der Waals surface area (Å²) in [6.07, 6.45) is 1.09. The summed E-state index contributed by atoms with van der Waals surface area (Å²) in [4.78, 5) is 11.9. The predicted octanol–water partition coefficient (Wildman–Crippen LogP) is 0.759. The van der Waals surface area contributed by atoms with Crippen LogP contribution in [-0.2, 0) is 19.6 Å². The van der Waals surface area contributed by atoms with Gasteiger partial charge in [0.05, 0.1) is 5.92 Å². The van der Waals surface area contributed by atoms with Gasteiger partial charge in [0.15, 0.2) is 12.4 Å². The number of nitriles is 1. The number of sulfonamides is 1. The SMILES string of the molecule is Cc1noc(C)c1S(=O)(=O)N1CCCC(C(=O)OCC#N)C1. The molecule has 0 saturated carbocycles. The Hall–Kier alpha value is -1.92. The Bertz CT molecular complexity index is 684. The Morgan fingerprint density at radius 1 is 1.55 bits per heavy atom. The van der Waals surface area contributed by atoms with Crippen LogP contribution < -0.4 is 0 Å². The number of piperidine rings is 1. The highest BCUT2D eigenvalue weighted by Gasteiger charge is 2.36. The van der Waals surface area contributed by atoms with Crippen LogP contribution in [-0.4, -0.2) is 43.5 Å². The molecule has 1 aromatic rings. The second-order valence-electron chi connectivity index (χ2n) is 5.12. The van der Waals surface area contributed by atoms with E-state index in [1.165, 1.54) is 11.2 Å². The standard InChI is InChI=1S/C13H17N3O5S/c1-9-12(10(2)21-15-9)22(18,19)16-6-3-4-11(8-16)13(17)20-7-5-14/h11H,3-4,6-8H2,1-2H3. The zero-order valence-electron chi connectivity index (χ0n) is 12.4. The first-order chi connectivity index (χ1) is 10.4. The first kappa shape index (κ1) is 16.5. The van der Waals surface area contributed by atoms with E-state index in [4.69, 9.17) is 14.5 Å². The highest BCUT2D eigenvalue weighted by Crippen LogP contribution is 2.28. The van der Waals surface area contributed by atoms with Gasteiger partial charge in [-0.25, -0.2) is 8.42 Å². The monoisotopic (exact) mass is 327 g/mol. The highest BCUT2D eigenvalue weighted by atomic mass is 32.2. The number of aryl methyl sites for hydroxylation is 2. The van der Waals surface area contributed by atoms with Gasteiger partial charge in [0.2, 0.25) is 10.0 Å². The van der Waals surface area contributed by atoms with E-state index in [1.54, 1.807) is 13.0 Å². The molecule has 0 bridgehead atoms. The summed E-state index contributed by atoms with van der Waals surface area (Å²) < 4.78 is 36.3. The molecule has 0 spiro atoms. The minimum absolute atomic E-state index is 0.0383. The van der Waals surface area contributed by atoms with Gasteiger partial charge < -0.3 is 9.26 Å². The first-order valence-electron chi connectivity index (χ1n) is 6.84. The summed E-state index contributed by atoms with van der Waals surface area (Å²) in [6, 6.07) is 1.72. The maximum absolute atomic E-state index is 12.7. The number of nitrogens with zero attached hydrogens (tertiary/aromatic N) is 3. The van der Waals surface area contributed by atoms with Crippen molar-refractivity contribution in [3.63, 3.8) is 0 Å². The number of aromatic nitrogens is 1. The van der Waals surface area contributed by atoms with Gasteiger partial charge in [-0.05, 0) is 26.7 Å². The van der Waals surface area contributed by atoms with Crippen LogP contribution in [0, 0.1) is 31.1 Å². The molecule has 120 valence electrons. The van der Waals surface area contributed by atoms with Gasteiger partial charge in [-0.15, -0.1) is 0 Å². The van der Waals surface area contributed by atoms with Crippen LogP contribution in [0.25, 0.3) is 0 Å². The van der Waals surface area contributed by atoms with Gasteiger partial charge in [-0.1, -0.05) is 5.16 Å². The van der Waals surface area contributed by atoms with Crippen LogP contribution in [0.1, 0.15) is 24.3 Å². The lowest BCUT2D eigenvalue weighted by Crippen LogP contribution is -2.43. The van der Waals surface area contributed by atoms with Crippen LogP contribution in [0.5, 0.6) is 0 Å². The van der Waals surface area contributed by atoms with Crippen LogP contribution in [0.3, 0.4) is 0 Å².